The van der Waals surface area contributed by atoms with E-state index in [0.717, 1.165) is 6.42 Å². The minimum absolute atomic E-state index is 1.07. The van der Waals surface area contributed by atoms with E-state index < -0.39 is 0 Å². The molecule has 0 heterocycles. The van der Waals surface area contributed by atoms with Gasteiger partial charge in [0.15, 0.2) is 0 Å². The summed E-state index contributed by atoms with van der Waals surface area (Å²) in [4.78, 5) is 0. The highest BCUT2D eigenvalue weighted by atomic mass is 13.7. The molecule has 0 amide bonds. The van der Waals surface area contributed by atoms with E-state index in [2.05, 4.69) is 19.1 Å². The Hall–Kier alpha value is -3.64. The minimum atomic E-state index is 1.07. The maximum Gasteiger partial charge on any atom is -0.0376 e. The Morgan fingerprint density at radius 1 is 0.333 bits per heavy atom. The molecule has 0 heteroatoms. The summed E-state index contributed by atoms with van der Waals surface area (Å²) in [6, 6.07) is 0. The molecule has 0 bridgehead atoms. The van der Waals surface area contributed by atoms with Gasteiger partial charge in [0.25, 0.3) is 0 Å². The summed E-state index contributed by atoms with van der Waals surface area (Å²) in [7, 11) is 0. The molecule has 0 unspecified atom stereocenters. The average Bonchev–Trinajstić information content (AvgIpc) is 2.76. The number of rotatable bonds is 14. The van der Waals surface area contributed by atoms with Crippen LogP contribution in [-0.2, 0) is 0 Å². The second-order valence-corrected chi connectivity index (χ2v) is 5.65. The molecule has 0 aromatic heterocycles. The van der Waals surface area contributed by atoms with Crippen molar-refractivity contribution in [3.8, 4) is 0 Å². The molecular formula is C30H33. The lowest BCUT2D eigenvalue weighted by Gasteiger charge is -1.76. The summed E-state index contributed by atoms with van der Waals surface area (Å²) in [5.41, 5.74) is 0. The van der Waals surface area contributed by atoms with E-state index in [-0.39, 0.29) is 0 Å². The van der Waals surface area contributed by atoms with Crippen LogP contribution in [0.4, 0.5) is 0 Å². The Morgan fingerprint density at radius 3 is 0.733 bits per heavy atom. The van der Waals surface area contributed by atoms with Gasteiger partial charge in [-0.05, 0) is 6.42 Å². The normalized spacial score (nSPS) is 14.7. The van der Waals surface area contributed by atoms with Gasteiger partial charge in [0.2, 0.25) is 0 Å². The van der Waals surface area contributed by atoms with Crippen LogP contribution in [0, 0.1) is 6.58 Å². The van der Waals surface area contributed by atoms with Gasteiger partial charge >= 0.3 is 0 Å². The van der Waals surface area contributed by atoms with Crippen LogP contribution in [0.25, 0.3) is 0 Å². The fourth-order valence-electron chi connectivity index (χ4n) is 1.75. The summed E-state index contributed by atoms with van der Waals surface area (Å²) in [6.07, 6.45) is 54.2. The molecule has 0 aliphatic rings. The third kappa shape index (κ3) is 24.4. The number of hydrogen-bond acceptors (Lipinski definition) is 0. The van der Waals surface area contributed by atoms with Gasteiger partial charge in [-0.2, -0.15) is 0 Å². The third-order valence-corrected chi connectivity index (χ3v) is 3.15. The van der Waals surface area contributed by atoms with Crippen molar-refractivity contribution in [3.63, 3.8) is 0 Å². The molecule has 0 aromatic rings. The fraction of sp³-hybridized carbons (Fsp3) is 0.0667. The van der Waals surface area contributed by atoms with Crippen LogP contribution < -0.4 is 0 Å². The number of hydrogen-bond donors (Lipinski definition) is 0. The lowest BCUT2D eigenvalue weighted by molar-refractivity contribution is 1.22. The molecule has 0 atom stereocenters. The van der Waals surface area contributed by atoms with Crippen LogP contribution in [0.1, 0.15) is 13.3 Å². The van der Waals surface area contributed by atoms with E-state index >= 15 is 0 Å². The Morgan fingerprint density at radius 2 is 0.533 bits per heavy atom. The van der Waals surface area contributed by atoms with Crippen LogP contribution in [0.5, 0.6) is 0 Å². The van der Waals surface area contributed by atoms with Gasteiger partial charge in [0.1, 0.15) is 0 Å². The summed E-state index contributed by atoms with van der Waals surface area (Å²) < 4.78 is 0. The molecule has 0 fully saturated rings. The van der Waals surface area contributed by atoms with E-state index in [1.54, 1.807) is 6.08 Å². The molecule has 153 valence electrons. The van der Waals surface area contributed by atoms with E-state index in [0.29, 0.717) is 0 Å². The number of allylic oxidation sites excluding steroid dienone is 27. The highest BCUT2D eigenvalue weighted by molar-refractivity contribution is 5.23. The molecule has 1 radical (unpaired) electrons. The molecule has 0 N–H and O–H groups in total. The van der Waals surface area contributed by atoms with Gasteiger partial charge in [-0.1, -0.05) is 178 Å². The van der Waals surface area contributed by atoms with Crippen LogP contribution in [0.2, 0.25) is 0 Å². The second kappa shape index (κ2) is 25.4. The van der Waals surface area contributed by atoms with Crippen molar-refractivity contribution < 1.29 is 0 Å². The summed E-state index contributed by atoms with van der Waals surface area (Å²) in [5, 5.41) is 0. The van der Waals surface area contributed by atoms with E-state index in [9.17, 15) is 0 Å². The van der Waals surface area contributed by atoms with Crippen molar-refractivity contribution in [2.45, 2.75) is 13.3 Å². The first-order valence-corrected chi connectivity index (χ1v) is 10.1. The zero-order valence-electron chi connectivity index (χ0n) is 17.9. The predicted molar refractivity (Wildman–Crippen MR) is 138 cm³/mol. The largest absolute Gasteiger partial charge is 0.0848 e. The SMILES string of the molecule is [CH]=CC=CC=CC=CC=CC=CC=CC=CC=CC=CC=CC=CC=CC=CCC. The topological polar surface area (TPSA) is 0 Å². The molecule has 0 saturated heterocycles. The summed E-state index contributed by atoms with van der Waals surface area (Å²) >= 11 is 0. The molecule has 0 nitrogen and oxygen atoms in total. The first kappa shape index (κ1) is 26.4. The Labute approximate surface area is 184 Å². The first-order chi connectivity index (χ1) is 14.9. The molecule has 0 rings (SSSR count). The van der Waals surface area contributed by atoms with Crippen molar-refractivity contribution in [2.24, 2.45) is 0 Å². The Kier molecular flexibility index (Phi) is 22.3. The lowest BCUT2D eigenvalue weighted by atomic mass is 10.3. The first-order valence-electron chi connectivity index (χ1n) is 10.1. The monoisotopic (exact) mass is 393 g/mol. The average molecular weight is 394 g/mol. The molecule has 0 aliphatic carbocycles. The van der Waals surface area contributed by atoms with Crippen LogP contribution in [0.15, 0.2) is 164 Å². The highest BCUT2D eigenvalue weighted by Gasteiger charge is 1.66. The van der Waals surface area contributed by atoms with Gasteiger partial charge in [-0.15, -0.1) is 0 Å². The maximum atomic E-state index is 5.22. The summed E-state index contributed by atoms with van der Waals surface area (Å²) in [5.74, 6) is 0. The van der Waals surface area contributed by atoms with Crippen molar-refractivity contribution in [1.29, 1.82) is 0 Å². The fourth-order valence-corrected chi connectivity index (χ4v) is 1.75. The van der Waals surface area contributed by atoms with Gasteiger partial charge in [0, 0.05) is 0 Å². The maximum absolute atomic E-state index is 5.22. The highest BCUT2D eigenvalue weighted by Crippen LogP contribution is 1.88. The standard InChI is InChI=1S/C30H33/c1-3-5-7-9-11-13-15-17-19-21-23-25-27-29-30-28-26-24-22-20-18-16-14-12-10-8-6-4-2/h1,3,5-30H,4H2,2H3. The van der Waals surface area contributed by atoms with Crippen molar-refractivity contribution in [3.05, 3.63) is 171 Å². The van der Waals surface area contributed by atoms with Crippen LogP contribution >= 0.6 is 0 Å². The molecule has 0 spiro atoms. The molecule has 0 aromatic carbocycles. The smallest absolute Gasteiger partial charge is 0.0376 e. The molecule has 0 aliphatic heterocycles. The Bertz CT molecular complexity index is 789. The van der Waals surface area contributed by atoms with E-state index in [1.807, 2.05) is 140 Å². The minimum Gasteiger partial charge on any atom is -0.0848 e. The van der Waals surface area contributed by atoms with Crippen LogP contribution in [-0.4, -0.2) is 0 Å². The van der Waals surface area contributed by atoms with Gasteiger partial charge in [-0.25, -0.2) is 0 Å². The molecular weight excluding hydrogens is 360 g/mol. The predicted octanol–water partition coefficient (Wildman–Crippen LogP) is 8.62. The molecule has 30 heavy (non-hydrogen) atoms. The zero-order valence-corrected chi connectivity index (χ0v) is 17.9. The van der Waals surface area contributed by atoms with Crippen LogP contribution in [0.3, 0.4) is 0 Å². The van der Waals surface area contributed by atoms with Crippen molar-refractivity contribution in [2.75, 3.05) is 0 Å². The quantitative estimate of drug-likeness (QED) is 0.259. The van der Waals surface area contributed by atoms with Gasteiger partial charge in [-0.3, -0.25) is 0 Å². The van der Waals surface area contributed by atoms with Crippen molar-refractivity contribution in [1.82, 2.24) is 0 Å². The zero-order chi connectivity index (χ0) is 21.8. The van der Waals surface area contributed by atoms with E-state index in [4.69, 9.17) is 6.58 Å². The Balaban J connectivity index is 3.95. The summed E-state index contributed by atoms with van der Waals surface area (Å²) in [6.45, 7) is 7.35. The molecule has 0 saturated carbocycles. The lowest BCUT2D eigenvalue weighted by Crippen LogP contribution is -1.54. The third-order valence-electron chi connectivity index (χ3n) is 3.15. The van der Waals surface area contributed by atoms with Crippen molar-refractivity contribution >= 4 is 0 Å². The van der Waals surface area contributed by atoms with E-state index in [1.165, 1.54) is 6.08 Å². The second-order valence-electron chi connectivity index (χ2n) is 5.65. The van der Waals surface area contributed by atoms with Gasteiger partial charge in [0.05, 0.1) is 0 Å². The van der Waals surface area contributed by atoms with Gasteiger partial charge < -0.3 is 0 Å².